The van der Waals surface area contributed by atoms with Crippen molar-refractivity contribution in [3.05, 3.63) is 72.2 Å². The van der Waals surface area contributed by atoms with Crippen LogP contribution in [0.4, 0.5) is 5.82 Å². The fourth-order valence-corrected chi connectivity index (χ4v) is 2.33. The average molecular weight is 379 g/mol. The van der Waals surface area contributed by atoms with Gasteiger partial charge in [-0.25, -0.2) is 0 Å². The molecule has 2 aromatic heterocycles. The fourth-order valence-electron chi connectivity index (χ4n) is 2.33. The third-order valence-corrected chi connectivity index (χ3v) is 3.79. The highest BCUT2D eigenvalue weighted by molar-refractivity contribution is 5.92. The number of benzene rings is 1. The van der Waals surface area contributed by atoms with Crippen LogP contribution < -0.4 is 20.1 Å². The maximum atomic E-state index is 12.1. The molecule has 144 valence electrons. The molecule has 0 fully saturated rings. The second-order valence-corrected chi connectivity index (χ2v) is 5.76. The lowest BCUT2D eigenvalue weighted by molar-refractivity contribution is 0.0944. The Labute approximate surface area is 162 Å². The van der Waals surface area contributed by atoms with E-state index in [0.29, 0.717) is 25.5 Å². The minimum absolute atomic E-state index is 0.246. The summed E-state index contributed by atoms with van der Waals surface area (Å²) >= 11 is 0. The summed E-state index contributed by atoms with van der Waals surface area (Å²) in [5.41, 5.74) is 1.02. The Morgan fingerprint density at radius 1 is 1.00 bits per heavy atom. The predicted molar refractivity (Wildman–Crippen MR) is 104 cm³/mol. The number of pyridine rings is 1. The van der Waals surface area contributed by atoms with Gasteiger partial charge in [-0.05, 0) is 48.5 Å². The molecule has 2 heterocycles. The Morgan fingerprint density at radius 2 is 1.82 bits per heavy atom. The van der Waals surface area contributed by atoms with E-state index < -0.39 is 0 Å². The van der Waals surface area contributed by atoms with Gasteiger partial charge in [-0.3, -0.25) is 9.78 Å². The van der Waals surface area contributed by atoms with E-state index in [2.05, 4.69) is 25.8 Å². The Kier molecular flexibility index (Phi) is 6.73. The zero-order valence-corrected chi connectivity index (χ0v) is 15.5. The number of nitrogens with zero attached hydrogens (tertiary/aromatic N) is 3. The molecule has 0 unspecified atom stereocenters. The number of methoxy groups -OCH3 is 1. The molecular weight excluding hydrogens is 358 g/mol. The Morgan fingerprint density at radius 3 is 2.50 bits per heavy atom. The molecule has 3 rings (SSSR count). The van der Waals surface area contributed by atoms with E-state index >= 15 is 0 Å². The van der Waals surface area contributed by atoms with Gasteiger partial charge >= 0.3 is 0 Å². The Hall–Kier alpha value is -3.68. The zero-order valence-electron chi connectivity index (χ0n) is 15.5. The number of anilines is 1. The van der Waals surface area contributed by atoms with Crippen LogP contribution in [0.2, 0.25) is 0 Å². The van der Waals surface area contributed by atoms with Crippen molar-refractivity contribution < 1.29 is 14.3 Å². The van der Waals surface area contributed by atoms with Gasteiger partial charge in [0.05, 0.1) is 25.9 Å². The highest BCUT2D eigenvalue weighted by atomic mass is 16.5. The highest BCUT2D eigenvalue weighted by Gasteiger charge is 2.08. The monoisotopic (exact) mass is 379 g/mol. The van der Waals surface area contributed by atoms with E-state index in [1.807, 2.05) is 42.5 Å². The van der Waals surface area contributed by atoms with Crippen molar-refractivity contribution in [1.29, 1.82) is 0 Å². The number of nitrogens with one attached hydrogen (secondary N) is 2. The van der Waals surface area contributed by atoms with Crippen molar-refractivity contribution in [2.24, 2.45) is 0 Å². The van der Waals surface area contributed by atoms with E-state index in [0.717, 1.165) is 17.2 Å². The maximum absolute atomic E-state index is 12.1. The van der Waals surface area contributed by atoms with Gasteiger partial charge in [0.1, 0.15) is 23.9 Å². The standard InChI is InChI=1S/C20H21N5O3/c1-27-16-5-7-17(8-6-16)28-13-12-22-19-10-9-18(24-25-19)20(26)23-14-15-4-2-3-11-21-15/h2-11H,12-14H2,1H3,(H,22,25)(H,23,26). The molecular formula is C20H21N5O3. The summed E-state index contributed by atoms with van der Waals surface area (Å²) in [4.78, 5) is 16.3. The van der Waals surface area contributed by atoms with Crippen molar-refractivity contribution in [2.45, 2.75) is 6.54 Å². The number of rotatable bonds is 9. The topological polar surface area (TPSA) is 98.3 Å². The van der Waals surface area contributed by atoms with Crippen LogP contribution in [0.15, 0.2) is 60.8 Å². The molecule has 0 bridgehead atoms. The number of amides is 1. The van der Waals surface area contributed by atoms with Crippen LogP contribution in [0.5, 0.6) is 11.5 Å². The third kappa shape index (κ3) is 5.66. The molecule has 3 aromatic rings. The summed E-state index contributed by atoms with van der Waals surface area (Å²) in [5, 5.41) is 13.8. The Bertz CT molecular complexity index is 871. The maximum Gasteiger partial charge on any atom is 0.272 e. The van der Waals surface area contributed by atoms with Crippen LogP contribution in [0.3, 0.4) is 0 Å². The van der Waals surface area contributed by atoms with Crippen LogP contribution >= 0.6 is 0 Å². The molecule has 28 heavy (non-hydrogen) atoms. The van der Waals surface area contributed by atoms with Crippen LogP contribution in [0, 0.1) is 0 Å². The van der Waals surface area contributed by atoms with Gasteiger partial charge in [0, 0.05) is 6.20 Å². The van der Waals surface area contributed by atoms with Crippen molar-refractivity contribution in [2.75, 3.05) is 25.6 Å². The normalized spacial score (nSPS) is 10.2. The molecule has 8 heteroatoms. The first-order valence-corrected chi connectivity index (χ1v) is 8.77. The van der Waals surface area contributed by atoms with Crippen molar-refractivity contribution in [1.82, 2.24) is 20.5 Å². The summed E-state index contributed by atoms with van der Waals surface area (Å²) in [6.45, 7) is 1.34. The summed E-state index contributed by atoms with van der Waals surface area (Å²) in [6, 6.07) is 16.2. The molecule has 1 amide bonds. The number of carbonyl (C=O) groups excluding carboxylic acids is 1. The quantitative estimate of drug-likeness (QED) is 0.551. The molecule has 0 aliphatic heterocycles. The number of hydrogen-bond donors (Lipinski definition) is 2. The van der Waals surface area contributed by atoms with Crippen molar-refractivity contribution >= 4 is 11.7 Å². The first kappa shape index (κ1) is 19.1. The highest BCUT2D eigenvalue weighted by Crippen LogP contribution is 2.16. The molecule has 2 N–H and O–H groups in total. The van der Waals surface area contributed by atoms with Gasteiger partial charge in [-0.1, -0.05) is 6.07 Å². The minimum Gasteiger partial charge on any atom is -0.497 e. The molecule has 8 nitrogen and oxygen atoms in total. The predicted octanol–water partition coefficient (Wildman–Crippen LogP) is 2.30. The lowest BCUT2D eigenvalue weighted by Gasteiger charge is -2.09. The van der Waals surface area contributed by atoms with E-state index in [9.17, 15) is 4.79 Å². The molecule has 0 atom stereocenters. The molecule has 0 spiro atoms. The number of aromatic nitrogens is 3. The number of carbonyl (C=O) groups is 1. The summed E-state index contributed by atoms with van der Waals surface area (Å²) in [5.74, 6) is 1.81. The summed E-state index contributed by atoms with van der Waals surface area (Å²) in [7, 11) is 1.62. The van der Waals surface area contributed by atoms with Gasteiger partial charge in [-0.15, -0.1) is 10.2 Å². The molecule has 1 aromatic carbocycles. The summed E-state index contributed by atoms with van der Waals surface area (Å²) in [6.07, 6.45) is 1.68. The average Bonchev–Trinajstić information content (AvgIpc) is 2.76. The number of hydrogen-bond acceptors (Lipinski definition) is 7. The molecule has 0 saturated carbocycles. The Balaban J connectivity index is 1.40. The second-order valence-electron chi connectivity index (χ2n) is 5.76. The van der Waals surface area contributed by atoms with Crippen molar-refractivity contribution in [3.63, 3.8) is 0 Å². The molecule has 0 saturated heterocycles. The third-order valence-electron chi connectivity index (χ3n) is 3.79. The first-order valence-electron chi connectivity index (χ1n) is 8.77. The van der Waals surface area contributed by atoms with Crippen LogP contribution in [-0.4, -0.2) is 41.3 Å². The van der Waals surface area contributed by atoms with Gasteiger partial charge in [0.2, 0.25) is 0 Å². The largest absolute Gasteiger partial charge is 0.497 e. The van der Waals surface area contributed by atoms with Gasteiger partial charge < -0.3 is 20.1 Å². The zero-order chi connectivity index (χ0) is 19.6. The van der Waals surface area contributed by atoms with E-state index in [-0.39, 0.29) is 11.6 Å². The number of ether oxygens (including phenoxy) is 2. The smallest absolute Gasteiger partial charge is 0.272 e. The summed E-state index contributed by atoms with van der Waals surface area (Å²) < 4.78 is 10.7. The SMILES string of the molecule is COc1ccc(OCCNc2ccc(C(=O)NCc3ccccn3)nn2)cc1. The molecule has 0 aliphatic carbocycles. The van der Waals surface area contributed by atoms with E-state index in [4.69, 9.17) is 9.47 Å². The van der Waals surface area contributed by atoms with Gasteiger partial charge in [-0.2, -0.15) is 0 Å². The van der Waals surface area contributed by atoms with Gasteiger partial charge in [0.25, 0.3) is 5.91 Å². The van der Waals surface area contributed by atoms with Crippen LogP contribution in [0.1, 0.15) is 16.2 Å². The van der Waals surface area contributed by atoms with Crippen LogP contribution in [0.25, 0.3) is 0 Å². The fraction of sp³-hybridized carbons (Fsp3) is 0.200. The van der Waals surface area contributed by atoms with E-state index in [1.165, 1.54) is 0 Å². The van der Waals surface area contributed by atoms with E-state index in [1.54, 1.807) is 25.4 Å². The van der Waals surface area contributed by atoms with Gasteiger partial charge in [0.15, 0.2) is 5.69 Å². The second kappa shape index (κ2) is 9.86. The lowest BCUT2D eigenvalue weighted by atomic mass is 10.3. The first-order chi connectivity index (χ1) is 13.7. The molecule has 0 aliphatic rings. The minimum atomic E-state index is -0.299. The van der Waals surface area contributed by atoms with Crippen LogP contribution in [-0.2, 0) is 6.54 Å². The molecule has 0 radical (unpaired) electrons. The lowest BCUT2D eigenvalue weighted by Crippen LogP contribution is -2.24. The van der Waals surface area contributed by atoms with Crippen molar-refractivity contribution in [3.8, 4) is 11.5 Å².